The van der Waals surface area contributed by atoms with E-state index in [9.17, 15) is 5.26 Å². The van der Waals surface area contributed by atoms with E-state index < -0.39 is 0 Å². The monoisotopic (exact) mass is 310 g/mol. The Morgan fingerprint density at radius 1 is 1.26 bits per heavy atom. The Morgan fingerprint density at radius 2 is 2.00 bits per heavy atom. The van der Waals surface area contributed by atoms with Crippen LogP contribution < -0.4 is 14.4 Å². The van der Waals surface area contributed by atoms with Gasteiger partial charge in [0.15, 0.2) is 23.4 Å². The van der Waals surface area contributed by atoms with E-state index in [0.717, 1.165) is 22.8 Å². The highest BCUT2D eigenvalue weighted by atomic mass is 16.6. The van der Waals surface area contributed by atoms with Crippen LogP contribution >= 0.6 is 0 Å². The van der Waals surface area contributed by atoms with Crippen LogP contribution in [0.4, 0.5) is 5.82 Å². The molecule has 118 valence electrons. The maximum atomic E-state index is 9.41. The fraction of sp³-hybridized carbons (Fsp3) is 0.353. The lowest BCUT2D eigenvalue weighted by atomic mass is 10.1. The fourth-order valence-electron chi connectivity index (χ4n) is 2.54. The SMILES string of the molecule is Cc1nnc(N(C)C[C@@H]2COc3ccccc3O2)c(C#N)c1C. The average Bonchev–Trinajstić information content (AvgIpc) is 2.57. The Morgan fingerprint density at radius 3 is 2.74 bits per heavy atom. The van der Waals surface area contributed by atoms with Crippen LogP contribution in [0, 0.1) is 25.2 Å². The van der Waals surface area contributed by atoms with Crippen LogP contribution in [0.3, 0.4) is 0 Å². The Bertz CT molecular complexity index is 770. The maximum absolute atomic E-state index is 9.41. The Kier molecular flexibility index (Phi) is 4.02. The molecule has 0 saturated heterocycles. The minimum Gasteiger partial charge on any atom is -0.486 e. The molecule has 0 bridgehead atoms. The summed E-state index contributed by atoms with van der Waals surface area (Å²) < 4.78 is 11.7. The molecule has 6 nitrogen and oxygen atoms in total. The Balaban J connectivity index is 1.77. The quantitative estimate of drug-likeness (QED) is 0.866. The van der Waals surface area contributed by atoms with Crippen LogP contribution in [-0.4, -0.2) is 36.5 Å². The molecular weight excluding hydrogens is 292 g/mol. The molecule has 3 rings (SSSR count). The molecule has 0 unspecified atom stereocenters. The van der Waals surface area contributed by atoms with E-state index in [0.29, 0.717) is 24.5 Å². The van der Waals surface area contributed by atoms with Gasteiger partial charge in [0.1, 0.15) is 18.2 Å². The van der Waals surface area contributed by atoms with E-state index in [1.54, 1.807) is 0 Å². The second-order valence-electron chi connectivity index (χ2n) is 5.60. The first-order chi connectivity index (χ1) is 11.1. The summed E-state index contributed by atoms with van der Waals surface area (Å²) in [5.41, 5.74) is 2.18. The molecule has 1 aromatic heterocycles. The largest absolute Gasteiger partial charge is 0.486 e. The number of fused-ring (bicyclic) bond motifs is 1. The first kappa shape index (κ1) is 15.1. The van der Waals surface area contributed by atoms with Crippen LogP contribution in [0.1, 0.15) is 16.8 Å². The summed E-state index contributed by atoms with van der Waals surface area (Å²) in [5.74, 6) is 2.07. The van der Waals surface area contributed by atoms with Gasteiger partial charge in [-0.15, -0.1) is 5.10 Å². The number of hydrogen-bond donors (Lipinski definition) is 0. The van der Waals surface area contributed by atoms with Crippen LogP contribution in [-0.2, 0) is 0 Å². The van der Waals surface area contributed by atoms with Gasteiger partial charge in [0.25, 0.3) is 0 Å². The molecule has 1 atom stereocenters. The zero-order valence-electron chi connectivity index (χ0n) is 13.4. The molecule has 0 spiro atoms. The van der Waals surface area contributed by atoms with Crippen molar-refractivity contribution in [3.05, 3.63) is 41.1 Å². The zero-order chi connectivity index (χ0) is 16.4. The van der Waals surface area contributed by atoms with Gasteiger partial charge in [0.05, 0.1) is 12.2 Å². The van der Waals surface area contributed by atoms with Crippen molar-refractivity contribution in [2.45, 2.75) is 20.0 Å². The lowest BCUT2D eigenvalue weighted by molar-refractivity contribution is 0.0959. The summed E-state index contributed by atoms with van der Waals surface area (Å²) in [6.45, 7) is 4.75. The van der Waals surface area contributed by atoms with Crippen molar-refractivity contribution in [3.8, 4) is 17.6 Å². The van der Waals surface area contributed by atoms with Crippen molar-refractivity contribution in [3.63, 3.8) is 0 Å². The first-order valence-electron chi connectivity index (χ1n) is 7.43. The van der Waals surface area contributed by atoms with E-state index in [2.05, 4.69) is 16.3 Å². The highest BCUT2D eigenvalue weighted by molar-refractivity contribution is 5.57. The average molecular weight is 310 g/mol. The highest BCUT2D eigenvalue weighted by Gasteiger charge is 2.24. The molecule has 1 aromatic carbocycles. The molecule has 0 fully saturated rings. The van der Waals surface area contributed by atoms with Crippen molar-refractivity contribution in [2.75, 3.05) is 25.1 Å². The number of benzene rings is 1. The van der Waals surface area contributed by atoms with Gasteiger partial charge in [-0.1, -0.05) is 12.1 Å². The van der Waals surface area contributed by atoms with Crippen molar-refractivity contribution < 1.29 is 9.47 Å². The number of ether oxygens (including phenoxy) is 2. The van der Waals surface area contributed by atoms with E-state index in [1.165, 1.54) is 0 Å². The lowest BCUT2D eigenvalue weighted by Gasteiger charge is -2.30. The van der Waals surface area contributed by atoms with Gasteiger partial charge in [-0.25, -0.2) is 0 Å². The topological polar surface area (TPSA) is 71.3 Å². The molecule has 0 N–H and O–H groups in total. The molecule has 2 heterocycles. The first-order valence-corrected chi connectivity index (χ1v) is 7.43. The van der Waals surface area contributed by atoms with Gasteiger partial charge in [-0.2, -0.15) is 10.4 Å². The van der Waals surface area contributed by atoms with E-state index in [-0.39, 0.29) is 6.10 Å². The van der Waals surface area contributed by atoms with Crippen LogP contribution in [0.2, 0.25) is 0 Å². The van der Waals surface area contributed by atoms with Crippen molar-refractivity contribution in [1.82, 2.24) is 10.2 Å². The fourth-order valence-corrected chi connectivity index (χ4v) is 2.54. The molecule has 23 heavy (non-hydrogen) atoms. The van der Waals surface area contributed by atoms with Gasteiger partial charge < -0.3 is 14.4 Å². The van der Waals surface area contributed by atoms with Gasteiger partial charge in [0.2, 0.25) is 0 Å². The van der Waals surface area contributed by atoms with Crippen LogP contribution in [0.5, 0.6) is 11.5 Å². The molecule has 2 aromatic rings. The normalized spacial score (nSPS) is 15.8. The predicted octanol–water partition coefficient (Wildman–Crippen LogP) is 2.24. The van der Waals surface area contributed by atoms with E-state index >= 15 is 0 Å². The number of nitriles is 1. The minimum absolute atomic E-state index is 0.134. The molecular formula is C17H18N4O2. The van der Waals surface area contributed by atoms with Gasteiger partial charge >= 0.3 is 0 Å². The highest BCUT2D eigenvalue weighted by Crippen LogP contribution is 2.31. The number of aryl methyl sites for hydroxylation is 1. The second kappa shape index (κ2) is 6.13. The van der Waals surface area contributed by atoms with Crippen molar-refractivity contribution in [2.24, 2.45) is 0 Å². The van der Waals surface area contributed by atoms with Gasteiger partial charge in [0, 0.05) is 7.05 Å². The van der Waals surface area contributed by atoms with Crippen molar-refractivity contribution >= 4 is 5.82 Å². The number of aromatic nitrogens is 2. The number of para-hydroxylation sites is 2. The Hall–Kier alpha value is -2.81. The lowest BCUT2D eigenvalue weighted by Crippen LogP contribution is -2.40. The number of hydrogen-bond acceptors (Lipinski definition) is 6. The van der Waals surface area contributed by atoms with Crippen LogP contribution in [0.25, 0.3) is 0 Å². The molecule has 0 saturated carbocycles. The Labute approximate surface area is 135 Å². The number of rotatable bonds is 3. The molecule has 0 radical (unpaired) electrons. The zero-order valence-corrected chi connectivity index (χ0v) is 13.4. The molecule has 1 aliphatic rings. The standard InChI is InChI=1S/C17H18N4O2/c1-11-12(2)19-20-17(14(11)8-18)21(3)9-13-10-22-15-6-4-5-7-16(15)23-13/h4-7,13H,9-10H2,1-3H3/t13-/m1/s1. The molecule has 0 aliphatic carbocycles. The van der Waals surface area contributed by atoms with E-state index in [1.807, 2.05) is 50.1 Å². The second-order valence-corrected chi connectivity index (χ2v) is 5.60. The summed E-state index contributed by atoms with van der Waals surface area (Å²) in [7, 11) is 1.88. The van der Waals surface area contributed by atoms with Crippen molar-refractivity contribution in [1.29, 1.82) is 5.26 Å². The third-order valence-corrected chi connectivity index (χ3v) is 3.95. The third kappa shape index (κ3) is 2.90. The maximum Gasteiger partial charge on any atom is 0.169 e. The summed E-state index contributed by atoms with van der Waals surface area (Å²) >= 11 is 0. The number of nitrogens with zero attached hydrogens (tertiary/aromatic N) is 4. The summed E-state index contributed by atoms with van der Waals surface area (Å²) in [4.78, 5) is 1.89. The third-order valence-electron chi connectivity index (χ3n) is 3.95. The molecule has 6 heteroatoms. The number of likely N-dealkylation sites (N-methyl/N-ethyl adjacent to an activating group) is 1. The predicted molar refractivity (Wildman–Crippen MR) is 85.8 cm³/mol. The summed E-state index contributed by atoms with van der Waals surface area (Å²) in [6, 6.07) is 9.82. The van der Waals surface area contributed by atoms with Crippen LogP contribution in [0.15, 0.2) is 24.3 Å². The molecule has 0 amide bonds. The smallest absolute Gasteiger partial charge is 0.169 e. The summed E-state index contributed by atoms with van der Waals surface area (Å²) in [5, 5.41) is 17.7. The summed E-state index contributed by atoms with van der Waals surface area (Å²) in [6.07, 6.45) is -0.134. The number of anilines is 1. The van der Waals surface area contributed by atoms with Gasteiger partial charge in [-0.05, 0) is 31.5 Å². The van der Waals surface area contributed by atoms with Gasteiger partial charge in [-0.3, -0.25) is 0 Å². The minimum atomic E-state index is -0.134. The molecule has 1 aliphatic heterocycles. The van der Waals surface area contributed by atoms with E-state index in [4.69, 9.17) is 9.47 Å².